The van der Waals surface area contributed by atoms with Crippen molar-refractivity contribution >= 4 is 17.6 Å². The smallest absolute Gasteiger partial charge is 0.471 e. The first kappa shape index (κ1) is 15.1. The van der Waals surface area contributed by atoms with Crippen LogP contribution in [0, 0.1) is 0 Å². The number of carbonyl (C=O) groups is 2. The van der Waals surface area contributed by atoms with Gasteiger partial charge in [0.25, 0.3) is 0 Å². The van der Waals surface area contributed by atoms with Crippen LogP contribution in [-0.2, 0) is 16.0 Å². The minimum absolute atomic E-state index is 0.0447. The number of halogens is 3. The van der Waals surface area contributed by atoms with Crippen molar-refractivity contribution < 1.29 is 32.6 Å². The Kier molecular flexibility index (Phi) is 3.80. The summed E-state index contributed by atoms with van der Waals surface area (Å²) < 4.78 is 43.1. The lowest BCUT2D eigenvalue weighted by molar-refractivity contribution is -0.172. The summed E-state index contributed by atoms with van der Waals surface area (Å²) in [5.74, 6) is -3.21. The summed E-state index contributed by atoms with van der Waals surface area (Å²) >= 11 is 0. The molecule has 114 valence electrons. The molecule has 0 radical (unpaired) electrons. The van der Waals surface area contributed by atoms with Gasteiger partial charge in [-0.1, -0.05) is 0 Å². The van der Waals surface area contributed by atoms with Crippen LogP contribution in [0.1, 0.15) is 12.0 Å². The predicted octanol–water partition coefficient (Wildman–Crippen LogP) is 1.99. The molecule has 0 spiro atoms. The lowest BCUT2D eigenvalue weighted by Crippen LogP contribution is -2.52. The van der Waals surface area contributed by atoms with Gasteiger partial charge >= 0.3 is 18.1 Å². The third kappa shape index (κ3) is 2.79. The number of benzene rings is 1. The number of alkyl halides is 3. The molecule has 0 saturated carbocycles. The van der Waals surface area contributed by atoms with Crippen molar-refractivity contribution in [1.29, 1.82) is 0 Å². The number of aliphatic carboxylic acids is 1. The first-order valence-corrected chi connectivity index (χ1v) is 6.06. The maximum absolute atomic E-state index is 12.7. The molecule has 1 aliphatic rings. The summed E-state index contributed by atoms with van der Waals surface area (Å²) in [4.78, 5) is 23.0. The molecule has 1 amide bonds. The molecule has 1 aromatic carbocycles. The van der Waals surface area contributed by atoms with Crippen molar-refractivity contribution in [2.45, 2.75) is 25.1 Å². The molecule has 0 fully saturated rings. The molecule has 1 aliphatic heterocycles. The van der Waals surface area contributed by atoms with E-state index in [-0.39, 0.29) is 18.5 Å². The lowest BCUT2D eigenvalue weighted by Gasteiger charge is -2.35. The number of hydrogen-bond acceptors (Lipinski definition) is 3. The minimum Gasteiger partial charge on any atom is -0.497 e. The van der Waals surface area contributed by atoms with E-state index in [0.717, 1.165) is 0 Å². The number of fused-ring (bicyclic) bond motifs is 1. The number of aryl methyl sites for hydroxylation is 1. The van der Waals surface area contributed by atoms with Gasteiger partial charge in [0.15, 0.2) is 0 Å². The molecule has 5 nitrogen and oxygen atoms in total. The number of amides is 1. The van der Waals surface area contributed by atoms with Crippen LogP contribution in [0.3, 0.4) is 0 Å². The van der Waals surface area contributed by atoms with Crippen LogP contribution in [0.5, 0.6) is 5.75 Å². The zero-order chi connectivity index (χ0) is 15.8. The highest BCUT2D eigenvalue weighted by Gasteiger charge is 2.48. The van der Waals surface area contributed by atoms with Gasteiger partial charge in [0.2, 0.25) is 0 Å². The zero-order valence-corrected chi connectivity index (χ0v) is 11.0. The Balaban J connectivity index is 2.52. The van der Waals surface area contributed by atoms with Gasteiger partial charge in [0.05, 0.1) is 7.11 Å². The van der Waals surface area contributed by atoms with Crippen LogP contribution in [0.2, 0.25) is 0 Å². The third-order valence-electron chi connectivity index (χ3n) is 3.29. The quantitative estimate of drug-likeness (QED) is 0.907. The second-order valence-electron chi connectivity index (χ2n) is 4.56. The van der Waals surface area contributed by atoms with Gasteiger partial charge in [0.1, 0.15) is 11.8 Å². The van der Waals surface area contributed by atoms with E-state index < -0.39 is 24.1 Å². The lowest BCUT2D eigenvalue weighted by atomic mass is 9.95. The van der Waals surface area contributed by atoms with Crippen LogP contribution in [0.15, 0.2) is 18.2 Å². The highest BCUT2D eigenvalue weighted by atomic mass is 19.4. The summed E-state index contributed by atoms with van der Waals surface area (Å²) in [6.07, 6.45) is -4.97. The van der Waals surface area contributed by atoms with E-state index >= 15 is 0 Å². The summed E-state index contributed by atoms with van der Waals surface area (Å²) in [7, 11) is 1.41. The first-order valence-electron chi connectivity index (χ1n) is 6.06. The van der Waals surface area contributed by atoms with Crippen molar-refractivity contribution in [1.82, 2.24) is 0 Å². The number of hydrogen-bond donors (Lipinski definition) is 1. The van der Waals surface area contributed by atoms with E-state index in [9.17, 15) is 22.8 Å². The number of carboxylic acid groups (broad SMARTS) is 1. The number of anilines is 1. The number of rotatable bonds is 2. The van der Waals surface area contributed by atoms with Crippen LogP contribution < -0.4 is 9.64 Å². The van der Waals surface area contributed by atoms with Crippen LogP contribution >= 0.6 is 0 Å². The second kappa shape index (κ2) is 5.27. The van der Waals surface area contributed by atoms with E-state index in [1.807, 2.05) is 0 Å². The highest BCUT2D eigenvalue weighted by Crippen LogP contribution is 2.36. The zero-order valence-electron chi connectivity index (χ0n) is 11.0. The Labute approximate surface area is 117 Å². The minimum atomic E-state index is -5.14. The number of methoxy groups -OCH3 is 1. The van der Waals surface area contributed by atoms with Gasteiger partial charge in [-0.2, -0.15) is 13.2 Å². The van der Waals surface area contributed by atoms with Gasteiger partial charge in [0, 0.05) is 5.69 Å². The average molecular weight is 303 g/mol. The predicted molar refractivity (Wildman–Crippen MR) is 66.3 cm³/mol. The second-order valence-corrected chi connectivity index (χ2v) is 4.56. The Morgan fingerprint density at radius 3 is 2.57 bits per heavy atom. The van der Waals surface area contributed by atoms with E-state index in [4.69, 9.17) is 9.84 Å². The van der Waals surface area contributed by atoms with Crippen molar-refractivity contribution in [3.8, 4) is 5.75 Å². The van der Waals surface area contributed by atoms with Gasteiger partial charge in [-0.25, -0.2) is 4.79 Å². The third-order valence-corrected chi connectivity index (χ3v) is 3.29. The number of nitrogens with zero attached hydrogens (tertiary/aromatic N) is 1. The molecule has 2 rings (SSSR count). The van der Waals surface area contributed by atoms with Gasteiger partial charge in [-0.3, -0.25) is 9.69 Å². The molecule has 0 saturated heterocycles. The van der Waals surface area contributed by atoms with E-state index in [0.29, 0.717) is 16.2 Å². The summed E-state index contributed by atoms with van der Waals surface area (Å²) in [5, 5.41) is 9.06. The van der Waals surface area contributed by atoms with Crippen LogP contribution in [0.25, 0.3) is 0 Å². The Hall–Kier alpha value is -2.25. The molecule has 0 bridgehead atoms. The average Bonchev–Trinajstić information content (AvgIpc) is 2.43. The Morgan fingerprint density at radius 2 is 2.05 bits per heavy atom. The fraction of sp³-hybridized carbons (Fsp3) is 0.385. The molecule has 8 heteroatoms. The van der Waals surface area contributed by atoms with Crippen molar-refractivity contribution in [2.24, 2.45) is 0 Å². The monoisotopic (exact) mass is 303 g/mol. The molecular formula is C13H12F3NO4. The van der Waals surface area contributed by atoms with E-state index in [1.165, 1.54) is 25.3 Å². The first-order chi connectivity index (χ1) is 9.75. The highest BCUT2D eigenvalue weighted by molar-refractivity contribution is 6.03. The standard InChI is InChI=1S/C13H12F3NO4/c1-21-8-3-5-9-7(6-8)2-4-10(11(18)19)17(9)12(20)13(14,15)16/h3,5-6,10H,2,4H2,1H3,(H,18,19). The number of ether oxygens (including phenoxy) is 1. The molecule has 1 aromatic rings. The molecule has 1 atom stereocenters. The largest absolute Gasteiger partial charge is 0.497 e. The summed E-state index contributed by atoms with van der Waals surface area (Å²) in [6, 6.07) is 2.64. The molecule has 1 unspecified atom stereocenters. The molecule has 0 aliphatic carbocycles. The number of carboxylic acids is 1. The molecule has 1 N–H and O–H groups in total. The van der Waals surface area contributed by atoms with Crippen molar-refractivity contribution in [3.63, 3.8) is 0 Å². The Bertz CT molecular complexity index is 585. The van der Waals surface area contributed by atoms with Gasteiger partial charge in [-0.15, -0.1) is 0 Å². The molecule has 1 heterocycles. The van der Waals surface area contributed by atoms with Gasteiger partial charge < -0.3 is 9.84 Å². The molecular weight excluding hydrogens is 291 g/mol. The maximum Gasteiger partial charge on any atom is 0.471 e. The molecule has 0 aromatic heterocycles. The van der Waals surface area contributed by atoms with E-state index in [1.54, 1.807) is 0 Å². The van der Waals surface area contributed by atoms with Crippen molar-refractivity contribution in [3.05, 3.63) is 23.8 Å². The van der Waals surface area contributed by atoms with E-state index in [2.05, 4.69) is 0 Å². The SMILES string of the molecule is COc1ccc2c(c1)CCC(C(=O)O)N2C(=O)C(F)(F)F. The number of carbonyl (C=O) groups excluding carboxylic acids is 1. The van der Waals surface area contributed by atoms with Gasteiger partial charge in [-0.05, 0) is 36.6 Å². The Morgan fingerprint density at radius 1 is 1.38 bits per heavy atom. The molecule has 21 heavy (non-hydrogen) atoms. The van der Waals surface area contributed by atoms with Crippen LogP contribution in [0.4, 0.5) is 18.9 Å². The summed E-state index contributed by atoms with van der Waals surface area (Å²) in [5.41, 5.74) is 0.404. The fourth-order valence-corrected chi connectivity index (χ4v) is 2.33. The normalized spacial score (nSPS) is 18.1. The topological polar surface area (TPSA) is 66.8 Å². The van der Waals surface area contributed by atoms with Crippen molar-refractivity contribution in [2.75, 3.05) is 12.0 Å². The maximum atomic E-state index is 12.7. The fourth-order valence-electron chi connectivity index (χ4n) is 2.33. The van der Waals surface area contributed by atoms with Crippen LogP contribution in [-0.4, -0.2) is 36.3 Å². The summed E-state index contributed by atoms with van der Waals surface area (Å²) in [6.45, 7) is 0.